The maximum atomic E-state index is 2.99. The van der Waals surface area contributed by atoms with E-state index in [-0.39, 0.29) is 24.8 Å². The Balaban J connectivity index is 0.000000250. The van der Waals surface area contributed by atoms with Crippen molar-refractivity contribution < 1.29 is 44.8 Å². The summed E-state index contributed by atoms with van der Waals surface area (Å²) in [6, 6.07) is 37.0. The zero-order valence-corrected chi connectivity index (χ0v) is 25.1. The van der Waals surface area contributed by atoms with E-state index in [1.54, 1.807) is 3.81 Å². The number of hydrogen-bond donors (Lipinski definition) is 0. The number of hydrogen-bond acceptors (Lipinski definition) is 0. The van der Waals surface area contributed by atoms with Crippen LogP contribution in [0.15, 0.2) is 121 Å². The molecule has 0 nitrogen and oxygen atoms in total. The molecule has 0 amide bonds. The predicted molar refractivity (Wildman–Crippen MR) is 158 cm³/mol. The van der Waals surface area contributed by atoms with E-state index in [0.717, 1.165) is 6.42 Å². The summed E-state index contributed by atoms with van der Waals surface area (Å²) in [5.41, 5.74) is 5.06. The molecule has 0 heterocycles. The second-order valence-electron chi connectivity index (χ2n) is 9.65. The monoisotopic (exact) mass is 582 g/mol. The fourth-order valence-corrected chi connectivity index (χ4v) is 5.49. The van der Waals surface area contributed by atoms with Crippen molar-refractivity contribution >= 4 is 25.4 Å². The van der Waals surface area contributed by atoms with Gasteiger partial charge in [0.1, 0.15) is 0 Å². The molecular formula is C36H32Cl2Ti-2. The molecule has 0 radical (unpaired) electrons. The maximum absolute atomic E-state index is 2.99. The van der Waals surface area contributed by atoms with Gasteiger partial charge in [-0.1, -0.05) is 84.9 Å². The number of benzene rings is 4. The Hall–Kier alpha value is -2.61. The minimum Gasteiger partial charge on any atom is -0.126 e. The molecule has 0 spiro atoms. The zero-order valence-electron chi connectivity index (χ0n) is 22.0. The van der Waals surface area contributed by atoms with Gasteiger partial charge in [0.15, 0.2) is 0 Å². The molecule has 1 fully saturated rings. The Morgan fingerprint density at radius 2 is 1.10 bits per heavy atom. The van der Waals surface area contributed by atoms with E-state index in [9.17, 15) is 0 Å². The van der Waals surface area contributed by atoms with Crippen molar-refractivity contribution in [3.63, 3.8) is 0 Å². The molecule has 3 heteroatoms. The van der Waals surface area contributed by atoms with E-state index < -0.39 is 0 Å². The molecular weight excluding hydrogens is 551 g/mol. The van der Waals surface area contributed by atoms with Crippen LogP contribution in [0, 0.1) is 6.08 Å². The molecule has 7 rings (SSSR count). The van der Waals surface area contributed by atoms with Gasteiger partial charge in [-0.05, 0) is 22.3 Å². The average Bonchev–Trinajstić information content (AvgIpc) is 3.66. The number of rotatable bonds is 2. The molecule has 196 valence electrons. The SMILES string of the molecule is [C-]1=CC=CC1.[Cl-].[Cl-].[Ti+2]=[C]1CCCCC1.c1ccc(-c2ccc3[cH-]c4ccc(-c5ccccc5)cc4c3c2)cc1. The summed E-state index contributed by atoms with van der Waals surface area (Å²) >= 11 is 2.28. The molecule has 1 saturated carbocycles. The molecule has 0 saturated heterocycles. The third kappa shape index (κ3) is 8.44. The predicted octanol–water partition coefficient (Wildman–Crippen LogP) is 4.03. The first-order valence-electron chi connectivity index (χ1n) is 13.3. The summed E-state index contributed by atoms with van der Waals surface area (Å²) in [7, 11) is 0. The van der Waals surface area contributed by atoms with Crippen LogP contribution in [0.3, 0.4) is 0 Å². The summed E-state index contributed by atoms with van der Waals surface area (Å²) in [5.74, 6) is 0. The molecule has 5 aromatic carbocycles. The summed E-state index contributed by atoms with van der Waals surface area (Å²) in [4.78, 5) is 0. The van der Waals surface area contributed by atoms with Crippen molar-refractivity contribution in [1.29, 1.82) is 0 Å². The van der Waals surface area contributed by atoms with E-state index >= 15 is 0 Å². The largest absolute Gasteiger partial charge is 0.126 e. The summed E-state index contributed by atoms with van der Waals surface area (Å²) in [5, 5.41) is 5.27. The molecule has 2 aliphatic rings. The van der Waals surface area contributed by atoms with Crippen LogP contribution < -0.4 is 24.8 Å². The van der Waals surface area contributed by atoms with Crippen molar-refractivity contribution in [1.82, 2.24) is 0 Å². The summed E-state index contributed by atoms with van der Waals surface area (Å²) < 4.78 is 1.71. The molecule has 0 aliphatic heterocycles. The fraction of sp³-hybridized carbons (Fsp3) is 0.167. The Kier molecular flexibility index (Phi) is 12.6. The van der Waals surface area contributed by atoms with Gasteiger partial charge in [0, 0.05) is 0 Å². The maximum Gasteiger partial charge on any atom is -0.0197 e. The molecule has 0 aromatic heterocycles. The topological polar surface area (TPSA) is 0 Å². The molecule has 0 bridgehead atoms. The van der Waals surface area contributed by atoms with Gasteiger partial charge in [0.2, 0.25) is 0 Å². The molecule has 39 heavy (non-hydrogen) atoms. The van der Waals surface area contributed by atoms with Gasteiger partial charge in [-0.15, -0.1) is 46.2 Å². The minimum absolute atomic E-state index is 0. The second kappa shape index (κ2) is 15.9. The van der Waals surface area contributed by atoms with Crippen LogP contribution in [0.2, 0.25) is 0 Å². The van der Waals surface area contributed by atoms with Crippen molar-refractivity contribution in [2.24, 2.45) is 0 Å². The normalized spacial score (nSPS) is 13.5. The van der Waals surface area contributed by atoms with Crippen LogP contribution in [0.1, 0.15) is 38.5 Å². The van der Waals surface area contributed by atoms with Crippen LogP contribution >= 0.6 is 0 Å². The molecule has 0 N–H and O–H groups in total. The van der Waals surface area contributed by atoms with Gasteiger partial charge in [-0.25, -0.2) is 12.2 Å². The van der Waals surface area contributed by atoms with E-state index in [2.05, 4.69) is 135 Å². The van der Waals surface area contributed by atoms with Crippen LogP contribution in [-0.2, 0) is 20.0 Å². The fourth-order valence-electron chi connectivity index (χ4n) is 4.94. The van der Waals surface area contributed by atoms with Crippen LogP contribution in [-0.4, -0.2) is 3.81 Å². The van der Waals surface area contributed by atoms with Crippen molar-refractivity contribution in [2.75, 3.05) is 0 Å². The Morgan fingerprint density at radius 3 is 1.46 bits per heavy atom. The second-order valence-corrected chi connectivity index (χ2v) is 10.8. The Bertz CT molecular complexity index is 1420. The van der Waals surface area contributed by atoms with Gasteiger partial charge in [0.05, 0.1) is 0 Å². The third-order valence-corrected chi connectivity index (χ3v) is 7.75. The van der Waals surface area contributed by atoms with Crippen LogP contribution in [0.25, 0.3) is 43.8 Å². The molecule has 5 aromatic rings. The first kappa shape index (κ1) is 30.9. The van der Waals surface area contributed by atoms with Crippen molar-refractivity contribution in [2.45, 2.75) is 38.5 Å². The van der Waals surface area contributed by atoms with E-state index in [0.29, 0.717) is 0 Å². The van der Waals surface area contributed by atoms with Crippen LogP contribution in [0.4, 0.5) is 0 Å². The van der Waals surface area contributed by atoms with Crippen LogP contribution in [0.5, 0.6) is 0 Å². The number of fused-ring (bicyclic) bond motifs is 3. The van der Waals surface area contributed by atoms with Gasteiger partial charge in [-0.2, -0.15) is 6.08 Å². The van der Waals surface area contributed by atoms with Gasteiger partial charge in [-0.3, -0.25) is 6.08 Å². The zero-order chi connectivity index (χ0) is 25.3. The van der Waals surface area contributed by atoms with Gasteiger partial charge >= 0.3 is 55.9 Å². The van der Waals surface area contributed by atoms with E-state index in [4.69, 9.17) is 0 Å². The standard InChI is InChI=1S/C25H17.C6H10.C5H5.2ClH.Ti/c1-3-7-18(8-4-1)20-11-13-22-15-23-14-12-21(17-25(23)24(22)16-20)19-9-5-2-6-10-19;1-2-4-6-5-3-1;1-2-4-5-3-1;;;/h1-17H;1-5H2;1-3H,4H2;2*1H;/q-1;;-1;;;+2/p-2. The van der Waals surface area contributed by atoms with Gasteiger partial charge in [0.25, 0.3) is 0 Å². The minimum atomic E-state index is 0. The first-order chi connectivity index (χ1) is 18.3. The Morgan fingerprint density at radius 1 is 0.590 bits per heavy atom. The van der Waals surface area contributed by atoms with E-state index in [1.807, 2.05) is 12.2 Å². The van der Waals surface area contributed by atoms with Gasteiger partial charge < -0.3 is 24.8 Å². The summed E-state index contributed by atoms with van der Waals surface area (Å²) in [6.07, 6.45) is 17.2. The molecule has 0 unspecified atom stereocenters. The number of allylic oxidation sites excluding steroid dienone is 4. The Labute approximate surface area is 256 Å². The molecule has 0 atom stereocenters. The van der Waals surface area contributed by atoms with Crippen molar-refractivity contribution in [3.8, 4) is 22.3 Å². The number of halogens is 2. The molecule has 2 aliphatic carbocycles. The average molecular weight is 583 g/mol. The quantitative estimate of drug-likeness (QED) is 0.218. The smallest absolute Gasteiger partial charge is 0.0197 e. The van der Waals surface area contributed by atoms with E-state index in [1.165, 1.54) is 75.9 Å². The summed E-state index contributed by atoms with van der Waals surface area (Å²) in [6.45, 7) is 0. The van der Waals surface area contributed by atoms with Crippen molar-refractivity contribution in [3.05, 3.63) is 127 Å². The first-order valence-corrected chi connectivity index (χ1v) is 14.1. The third-order valence-electron chi connectivity index (χ3n) is 6.96.